The largest absolute Gasteiger partial charge is 0.399 e. The Morgan fingerprint density at radius 1 is 1.11 bits per heavy atom. The van der Waals surface area contributed by atoms with Crippen LogP contribution in [0.5, 0.6) is 0 Å². The summed E-state index contributed by atoms with van der Waals surface area (Å²) in [7, 11) is 0. The van der Waals surface area contributed by atoms with E-state index in [1.807, 2.05) is 13.0 Å². The number of aryl methyl sites for hydroxylation is 1. The minimum atomic E-state index is -0.573. The van der Waals surface area contributed by atoms with Gasteiger partial charge in [-0.1, -0.05) is 12.1 Å². The Kier molecular flexibility index (Phi) is 3.46. The number of hydrogen-bond acceptors (Lipinski definition) is 2. The summed E-state index contributed by atoms with van der Waals surface area (Å²) in [5.74, 6) is -1.12. The molecule has 0 unspecified atom stereocenters. The Morgan fingerprint density at radius 3 is 2.61 bits per heavy atom. The predicted octanol–water partition coefficient (Wildman–Crippen LogP) is 3.47. The summed E-state index contributed by atoms with van der Waals surface area (Å²) in [5, 5.41) is 3.09. The lowest BCUT2D eigenvalue weighted by Gasteiger charge is -2.11. The van der Waals surface area contributed by atoms with Crippen LogP contribution in [-0.4, -0.2) is 0 Å². The molecule has 3 N–H and O–H groups in total. The smallest absolute Gasteiger partial charge is 0.131 e. The van der Waals surface area contributed by atoms with E-state index in [-0.39, 0.29) is 6.54 Å². The third kappa shape index (κ3) is 2.77. The van der Waals surface area contributed by atoms with Gasteiger partial charge in [-0.3, -0.25) is 0 Å². The van der Waals surface area contributed by atoms with E-state index in [0.29, 0.717) is 11.3 Å². The first-order valence-electron chi connectivity index (χ1n) is 5.60. The molecule has 2 aromatic rings. The molecule has 0 bridgehead atoms. The third-order valence-corrected chi connectivity index (χ3v) is 2.75. The van der Waals surface area contributed by atoms with Crippen molar-refractivity contribution in [2.24, 2.45) is 0 Å². The van der Waals surface area contributed by atoms with E-state index in [0.717, 1.165) is 17.3 Å². The molecule has 2 nitrogen and oxygen atoms in total. The van der Waals surface area contributed by atoms with Crippen molar-refractivity contribution in [3.63, 3.8) is 0 Å². The second-order valence-electron chi connectivity index (χ2n) is 4.16. The molecule has 2 rings (SSSR count). The van der Waals surface area contributed by atoms with Crippen LogP contribution in [-0.2, 0) is 6.54 Å². The van der Waals surface area contributed by atoms with Gasteiger partial charge in [0.1, 0.15) is 11.6 Å². The normalized spacial score (nSPS) is 10.4. The van der Waals surface area contributed by atoms with E-state index in [1.54, 1.807) is 12.1 Å². The van der Waals surface area contributed by atoms with Crippen molar-refractivity contribution >= 4 is 11.4 Å². The van der Waals surface area contributed by atoms with Gasteiger partial charge in [-0.05, 0) is 30.7 Å². The maximum absolute atomic E-state index is 13.4. The Bertz CT molecular complexity index is 568. The van der Waals surface area contributed by atoms with E-state index >= 15 is 0 Å². The van der Waals surface area contributed by atoms with Crippen molar-refractivity contribution in [2.75, 3.05) is 11.1 Å². The summed E-state index contributed by atoms with van der Waals surface area (Å²) in [6.45, 7) is 2.22. The highest BCUT2D eigenvalue weighted by molar-refractivity contribution is 5.59. The summed E-state index contributed by atoms with van der Waals surface area (Å²) in [6, 6.07) is 9.03. The second-order valence-corrected chi connectivity index (χ2v) is 4.16. The van der Waals surface area contributed by atoms with Gasteiger partial charge in [-0.2, -0.15) is 0 Å². The standard InChI is InChI=1S/C14H14F2N2/c1-9-2-5-12(17)7-14(9)18-8-10-3-4-11(15)6-13(10)16/h2-7,18H,8,17H2,1H3. The average Bonchev–Trinajstić information content (AvgIpc) is 2.32. The Hall–Kier alpha value is -2.10. The Labute approximate surface area is 104 Å². The second kappa shape index (κ2) is 5.04. The van der Waals surface area contributed by atoms with Gasteiger partial charge in [-0.25, -0.2) is 8.78 Å². The highest BCUT2D eigenvalue weighted by atomic mass is 19.1. The fourth-order valence-electron chi connectivity index (χ4n) is 1.69. The van der Waals surface area contributed by atoms with Crippen LogP contribution in [0.25, 0.3) is 0 Å². The van der Waals surface area contributed by atoms with Gasteiger partial charge in [-0.15, -0.1) is 0 Å². The molecular weight excluding hydrogens is 234 g/mol. The zero-order valence-electron chi connectivity index (χ0n) is 10.0. The highest BCUT2D eigenvalue weighted by Crippen LogP contribution is 2.19. The molecule has 0 spiro atoms. The van der Waals surface area contributed by atoms with Crippen molar-refractivity contribution in [2.45, 2.75) is 13.5 Å². The van der Waals surface area contributed by atoms with Crippen molar-refractivity contribution < 1.29 is 8.78 Å². The topological polar surface area (TPSA) is 38.0 Å². The molecule has 0 amide bonds. The van der Waals surface area contributed by atoms with Crippen molar-refractivity contribution in [3.05, 3.63) is 59.2 Å². The van der Waals surface area contributed by atoms with Crippen molar-refractivity contribution in [3.8, 4) is 0 Å². The zero-order valence-corrected chi connectivity index (χ0v) is 10.0. The number of nitrogens with two attached hydrogens (primary N) is 1. The fourth-order valence-corrected chi connectivity index (χ4v) is 1.69. The number of anilines is 2. The lowest BCUT2D eigenvalue weighted by molar-refractivity contribution is 0.574. The van der Waals surface area contributed by atoms with Gasteiger partial charge in [0.15, 0.2) is 0 Å². The first-order valence-corrected chi connectivity index (χ1v) is 5.60. The highest BCUT2D eigenvalue weighted by Gasteiger charge is 2.04. The van der Waals surface area contributed by atoms with Crippen LogP contribution in [0.2, 0.25) is 0 Å². The summed E-state index contributed by atoms with van der Waals surface area (Å²) < 4.78 is 26.2. The molecule has 0 aromatic heterocycles. The molecule has 0 aliphatic rings. The molecule has 0 aliphatic heterocycles. The van der Waals surface area contributed by atoms with E-state index < -0.39 is 11.6 Å². The summed E-state index contributed by atoms with van der Waals surface area (Å²) in [6.07, 6.45) is 0. The Morgan fingerprint density at radius 2 is 1.89 bits per heavy atom. The lowest BCUT2D eigenvalue weighted by atomic mass is 10.1. The van der Waals surface area contributed by atoms with Gasteiger partial charge < -0.3 is 11.1 Å². The van der Waals surface area contributed by atoms with Crippen LogP contribution in [0.3, 0.4) is 0 Å². The van der Waals surface area contributed by atoms with Crippen LogP contribution in [0.4, 0.5) is 20.2 Å². The fraction of sp³-hybridized carbons (Fsp3) is 0.143. The van der Waals surface area contributed by atoms with E-state index in [1.165, 1.54) is 12.1 Å². The lowest BCUT2D eigenvalue weighted by Crippen LogP contribution is -2.04. The van der Waals surface area contributed by atoms with Gasteiger partial charge >= 0.3 is 0 Å². The average molecular weight is 248 g/mol. The maximum Gasteiger partial charge on any atom is 0.131 e. The Balaban J connectivity index is 2.13. The monoisotopic (exact) mass is 248 g/mol. The van der Waals surface area contributed by atoms with Gasteiger partial charge in [0.2, 0.25) is 0 Å². The van der Waals surface area contributed by atoms with Crippen LogP contribution in [0.15, 0.2) is 36.4 Å². The number of nitrogens with one attached hydrogen (secondary N) is 1. The SMILES string of the molecule is Cc1ccc(N)cc1NCc1ccc(F)cc1F. The molecule has 2 aromatic carbocycles. The molecule has 94 valence electrons. The van der Waals surface area contributed by atoms with Crippen molar-refractivity contribution in [1.82, 2.24) is 0 Å². The zero-order chi connectivity index (χ0) is 13.1. The molecule has 0 saturated heterocycles. The molecule has 0 radical (unpaired) electrons. The summed E-state index contributed by atoms with van der Waals surface area (Å²) in [5.41, 5.74) is 8.61. The van der Waals surface area contributed by atoms with Crippen LogP contribution in [0, 0.1) is 18.6 Å². The number of nitrogen functional groups attached to an aromatic ring is 1. The first-order chi connectivity index (χ1) is 8.56. The van der Waals surface area contributed by atoms with Crippen LogP contribution in [0.1, 0.15) is 11.1 Å². The van der Waals surface area contributed by atoms with E-state index in [2.05, 4.69) is 5.32 Å². The number of rotatable bonds is 3. The van der Waals surface area contributed by atoms with Crippen LogP contribution < -0.4 is 11.1 Å². The van der Waals surface area contributed by atoms with Gasteiger partial charge in [0, 0.05) is 29.5 Å². The minimum Gasteiger partial charge on any atom is -0.399 e. The van der Waals surface area contributed by atoms with Gasteiger partial charge in [0.05, 0.1) is 0 Å². The molecule has 4 heteroatoms. The molecule has 0 aliphatic carbocycles. The van der Waals surface area contributed by atoms with E-state index in [4.69, 9.17) is 5.73 Å². The molecule has 0 atom stereocenters. The van der Waals surface area contributed by atoms with E-state index in [9.17, 15) is 8.78 Å². The van der Waals surface area contributed by atoms with Gasteiger partial charge in [0.25, 0.3) is 0 Å². The molecule has 18 heavy (non-hydrogen) atoms. The quantitative estimate of drug-likeness (QED) is 0.816. The third-order valence-electron chi connectivity index (χ3n) is 2.75. The molecule has 0 fully saturated rings. The molecular formula is C14H14F2N2. The summed E-state index contributed by atoms with van der Waals surface area (Å²) in [4.78, 5) is 0. The first kappa shape index (κ1) is 12.4. The molecule has 0 heterocycles. The van der Waals surface area contributed by atoms with Crippen LogP contribution >= 0.6 is 0 Å². The van der Waals surface area contributed by atoms with Crippen molar-refractivity contribution in [1.29, 1.82) is 0 Å². The maximum atomic E-state index is 13.4. The number of hydrogen-bond donors (Lipinski definition) is 2. The number of benzene rings is 2. The minimum absolute atomic E-state index is 0.288. The molecule has 0 saturated carbocycles. The predicted molar refractivity (Wildman–Crippen MR) is 69.3 cm³/mol. The summed E-state index contributed by atoms with van der Waals surface area (Å²) >= 11 is 0. The number of halogens is 2.